The van der Waals surface area contributed by atoms with E-state index in [1.165, 1.54) is 6.42 Å². The number of nitrogens with zero attached hydrogens (tertiary/aromatic N) is 3. The normalized spacial score (nSPS) is 20.3. The van der Waals surface area contributed by atoms with Crippen molar-refractivity contribution in [2.75, 3.05) is 23.7 Å². The summed E-state index contributed by atoms with van der Waals surface area (Å²) in [5.41, 5.74) is 8.61. The highest BCUT2D eigenvalue weighted by atomic mass is 15.4. The van der Waals surface area contributed by atoms with Crippen molar-refractivity contribution in [3.63, 3.8) is 0 Å². The van der Waals surface area contributed by atoms with E-state index in [0.29, 0.717) is 5.41 Å². The van der Waals surface area contributed by atoms with E-state index in [0.717, 1.165) is 49.0 Å². The van der Waals surface area contributed by atoms with Gasteiger partial charge < -0.3 is 10.6 Å². The molecular formula is C15H28N4. The van der Waals surface area contributed by atoms with Crippen molar-refractivity contribution in [1.82, 2.24) is 9.78 Å². The molecule has 0 amide bonds. The molecule has 1 aromatic heterocycles. The van der Waals surface area contributed by atoms with E-state index in [-0.39, 0.29) is 0 Å². The molecule has 1 atom stereocenters. The highest BCUT2D eigenvalue weighted by Gasteiger charge is 2.34. The third-order valence-electron chi connectivity index (χ3n) is 4.33. The van der Waals surface area contributed by atoms with Gasteiger partial charge in [-0.2, -0.15) is 5.10 Å². The van der Waals surface area contributed by atoms with Gasteiger partial charge in [0.2, 0.25) is 0 Å². The third kappa shape index (κ3) is 2.72. The lowest BCUT2D eigenvalue weighted by Crippen LogP contribution is -2.27. The molecule has 1 saturated heterocycles. The zero-order chi connectivity index (χ0) is 14.2. The minimum Gasteiger partial charge on any atom is -0.394 e. The molecule has 1 aliphatic heterocycles. The molecule has 4 nitrogen and oxygen atoms in total. The van der Waals surface area contributed by atoms with Gasteiger partial charge in [0.25, 0.3) is 0 Å². The Labute approximate surface area is 117 Å². The number of nitrogens with two attached hydrogens (primary N) is 1. The van der Waals surface area contributed by atoms with Crippen molar-refractivity contribution in [2.24, 2.45) is 18.4 Å². The lowest BCUT2D eigenvalue weighted by Gasteiger charge is -2.27. The van der Waals surface area contributed by atoms with Gasteiger partial charge in [0.1, 0.15) is 5.82 Å². The van der Waals surface area contributed by atoms with Crippen LogP contribution in [0.2, 0.25) is 0 Å². The van der Waals surface area contributed by atoms with Gasteiger partial charge in [-0.3, -0.25) is 4.68 Å². The summed E-state index contributed by atoms with van der Waals surface area (Å²) in [6.07, 6.45) is 3.30. The predicted molar refractivity (Wildman–Crippen MR) is 81.4 cm³/mol. The lowest BCUT2D eigenvalue weighted by molar-refractivity contribution is 0.263. The predicted octanol–water partition coefficient (Wildman–Crippen LogP) is 2.83. The van der Waals surface area contributed by atoms with Crippen molar-refractivity contribution in [3.8, 4) is 0 Å². The second-order valence-corrected chi connectivity index (χ2v) is 6.86. The molecule has 19 heavy (non-hydrogen) atoms. The summed E-state index contributed by atoms with van der Waals surface area (Å²) >= 11 is 0. The van der Waals surface area contributed by atoms with Gasteiger partial charge in [0, 0.05) is 20.1 Å². The van der Waals surface area contributed by atoms with Crippen LogP contribution < -0.4 is 10.6 Å². The van der Waals surface area contributed by atoms with Gasteiger partial charge in [-0.15, -0.1) is 0 Å². The summed E-state index contributed by atoms with van der Waals surface area (Å²) in [6.45, 7) is 11.3. The van der Waals surface area contributed by atoms with Crippen molar-refractivity contribution in [3.05, 3.63) is 5.69 Å². The molecule has 1 unspecified atom stereocenters. The van der Waals surface area contributed by atoms with E-state index in [2.05, 4.69) is 37.7 Å². The summed E-state index contributed by atoms with van der Waals surface area (Å²) in [7, 11) is 2.01. The summed E-state index contributed by atoms with van der Waals surface area (Å²) in [5.74, 6) is 1.85. The van der Waals surface area contributed by atoms with Gasteiger partial charge in [-0.05, 0) is 24.2 Å². The van der Waals surface area contributed by atoms with Crippen LogP contribution in [-0.2, 0) is 13.5 Å². The van der Waals surface area contributed by atoms with Gasteiger partial charge in [-0.25, -0.2) is 0 Å². The van der Waals surface area contributed by atoms with Gasteiger partial charge in [0.05, 0.1) is 11.4 Å². The molecule has 0 aliphatic carbocycles. The SMILES string of the molecule is CCCc1nn(C)c(N2CCC(C(C)(C)C)C2)c1N. The monoisotopic (exact) mass is 264 g/mol. The Hall–Kier alpha value is -1.19. The minimum absolute atomic E-state index is 0.369. The average Bonchev–Trinajstić information content (AvgIpc) is 2.85. The molecule has 2 N–H and O–H groups in total. The van der Waals surface area contributed by atoms with Gasteiger partial charge in [-0.1, -0.05) is 34.1 Å². The first-order valence-corrected chi connectivity index (χ1v) is 7.40. The van der Waals surface area contributed by atoms with Gasteiger partial charge in [0.15, 0.2) is 0 Å². The molecule has 1 fully saturated rings. The van der Waals surface area contributed by atoms with E-state index < -0.39 is 0 Å². The van der Waals surface area contributed by atoms with E-state index in [1.807, 2.05) is 11.7 Å². The molecule has 108 valence electrons. The molecule has 0 bridgehead atoms. The smallest absolute Gasteiger partial charge is 0.150 e. The Morgan fingerprint density at radius 1 is 1.37 bits per heavy atom. The fraction of sp³-hybridized carbons (Fsp3) is 0.800. The maximum atomic E-state index is 6.30. The number of anilines is 2. The molecule has 0 saturated carbocycles. The summed E-state index contributed by atoms with van der Waals surface area (Å²) in [4.78, 5) is 2.41. The Morgan fingerprint density at radius 3 is 2.58 bits per heavy atom. The van der Waals surface area contributed by atoms with Crippen molar-refractivity contribution in [2.45, 2.75) is 47.0 Å². The average molecular weight is 264 g/mol. The topological polar surface area (TPSA) is 47.1 Å². The summed E-state index contributed by atoms with van der Waals surface area (Å²) in [6, 6.07) is 0. The molecule has 2 heterocycles. The van der Waals surface area contributed by atoms with Crippen LogP contribution in [0.1, 0.15) is 46.2 Å². The maximum Gasteiger partial charge on any atom is 0.150 e. The Kier molecular flexibility index (Phi) is 3.79. The van der Waals surface area contributed by atoms with Crippen LogP contribution in [0.15, 0.2) is 0 Å². The molecule has 1 aliphatic rings. The number of hydrogen-bond donors (Lipinski definition) is 1. The van der Waals surface area contributed by atoms with Crippen LogP contribution in [0, 0.1) is 11.3 Å². The van der Waals surface area contributed by atoms with Gasteiger partial charge >= 0.3 is 0 Å². The zero-order valence-corrected chi connectivity index (χ0v) is 13.0. The quantitative estimate of drug-likeness (QED) is 0.913. The highest BCUT2D eigenvalue weighted by Crippen LogP contribution is 2.37. The molecule has 0 spiro atoms. The molecule has 0 aromatic carbocycles. The van der Waals surface area contributed by atoms with E-state index in [1.54, 1.807) is 0 Å². The first kappa shape index (κ1) is 14.2. The van der Waals surface area contributed by atoms with Crippen molar-refractivity contribution in [1.29, 1.82) is 0 Å². The van der Waals surface area contributed by atoms with Crippen LogP contribution >= 0.6 is 0 Å². The molecule has 2 rings (SSSR count). The summed E-state index contributed by atoms with van der Waals surface area (Å²) < 4.78 is 1.96. The van der Waals surface area contributed by atoms with Crippen LogP contribution in [-0.4, -0.2) is 22.9 Å². The third-order valence-corrected chi connectivity index (χ3v) is 4.33. The molecular weight excluding hydrogens is 236 g/mol. The Morgan fingerprint density at radius 2 is 2.05 bits per heavy atom. The van der Waals surface area contributed by atoms with Crippen LogP contribution in [0.5, 0.6) is 0 Å². The fourth-order valence-corrected chi connectivity index (χ4v) is 3.04. The Bertz CT molecular complexity index is 442. The highest BCUT2D eigenvalue weighted by molar-refractivity contribution is 5.67. The van der Waals surface area contributed by atoms with Crippen LogP contribution in [0.4, 0.5) is 11.5 Å². The van der Waals surface area contributed by atoms with E-state index >= 15 is 0 Å². The maximum absolute atomic E-state index is 6.30. The van der Waals surface area contributed by atoms with Crippen LogP contribution in [0.3, 0.4) is 0 Å². The molecule has 4 heteroatoms. The molecule has 1 aromatic rings. The number of rotatable bonds is 3. The molecule has 0 radical (unpaired) electrons. The van der Waals surface area contributed by atoms with Crippen molar-refractivity contribution >= 4 is 11.5 Å². The standard InChI is InChI=1S/C15H28N4/c1-6-7-12-13(16)14(18(5)17-12)19-9-8-11(10-19)15(2,3)4/h11H,6-10,16H2,1-5H3. The summed E-state index contributed by atoms with van der Waals surface area (Å²) in [5, 5.41) is 4.58. The van der Waals surface area contributed by atoms with E-state index in [4.69, 9.17) is 5.73 Å². The number of aryl methyl sites for hydroxylation is 2. The first-order chi connectivity index (χ1) is 8.84. The number of aromatic nitrogens is 2. The van der Waals surface area contributed by atoms with Crippen LogP contribution in [0.25, 0.3) is 0 Å². The number of hydrogen-bond acceptors (Lipinski definition) is 3. The second-order valence-electron chi connectivity index (χ2n) is 6.86. The van der Waals surface area contributed by atoms with Crippen molar-refractivity contribution < 1.29 is 0 Å². The largest absolute Gasteiger partial charge is 0.394 e. The zero-order valence-electron chi connectivity index (χ0n) is 13.0. The fourth-order valence-electron chi connectivity index (χ4n) is 3.04. The van der Waals surface area contributed by atoms with E-state index in [9.17, 15) is 0 Å². The minimum atomic E-state index is 0.369. The Balaban J connectivity index is 2.20. The lowest BCUT2D eigenvalue weighted by atomic mass is 9.80. The number of nitrogen functional groups attached to an aromatic ring is 1. The first-order valence-electron chi connectivity index (χ1n) is 7.40. The second kappa shape index (κ2) is 5.06.